The molecule has 18 heavy (non-hydrogen) atoms. The van der Waals surface area contributed by atoms with Crippen LogP contribution >= 0.6 is 11.3 Å². The summed E-state index contributed by atoms with van der Waals surface area (Å²) in [5, 5.41) is 4.28. The van der Waals surface area contributed by atoms with Crippen LogP contribution in [0.5, 0.6) is 0 Å². The average Bonchev–Trinajstić information content (AvgIpc) is 2.80. The van der Waals surface area contributed by atoms with E-state index in [2.05, 4.69) is 34.3 Å². The van der Waals surface area contributed by atoms with Gasteiger partial charge in [0, 0.05) is 6.20 Å². The number of aryl methyl sites for hydroxylation is 1. The van der Waals surface area contributed by atoms with Gasteiger partial charge in [0.15, 0.2) is 5.13 Å². The summed E-state index contributed by atoms with van der Waals surface area (Å²) in [5.41, 5.74) is 3.31. The smallest absolute Gasteiger partial charge is 0.184 e. The summed E-state index contributed by atoms with van der Waals surface area (Å²) in [6, 6.07) is 12.2. The molecule has 4 heteroatoms. The van der Waals surface area contributed by atoms with E-state index in [-0.39, 0.29) is 0 Å². The summed E-state index contributed by atoms with van der Waals surface area (Å²) >= 11 is 1.67. The third-order valence-electron chi connectivity index (χ3n) is 2.82. The van der Waals surface area contributed by atoms with E-state index >= 15 is 0 Å². The van der Waals surface area contributed by atoms with E-state index < -0.39 is 0 Å². The standard InChI is InChI=1S/C14H13N3S/c1-10-5-4-8-15-12(10)9-16-14-17-11-6-2-3-7-13(11)18-14/h2-8H,9H2,1H3,(H,16,17). The van der Waals surface area contributed by atoms with Gasteiger partial charge in [-0.3, -0.25) is 4.98 Å². The molecule has 0 fully saturated rings. The van der Waals surface area contributed by atoms with Crippen LogP contribution in [-0.2, 0) is 6.54 Å². The maximum atomic E-state index is 4.54. The Morgan fingerprint density at radius 1 is 1.17 bits per heavy atom. The maximum absolute atomic E-state index is 4.54. The highest BCUT2D eigenvalue weighted by atomic mass is 32.1. The van der Waals surface area contributed by atoms with Gasteiger partial charge in [0.1, 0.15) is 0 Å². The number of pyridine rings is 1. The van der Waals surface area contributed by atoms with Gasteiger partial charge in [-0.1, -0.05) is 29.5 Å². The van der Waals surface area contributed by atoms with Crippen LogP contribution in [-0.4, -0.2) is 9.97 Å². The fourth-order valence-electron chi connectivity index (χ4n) is 1.81. The first-order valence-corrected chi connectivity index (χ1v) is 6.64. The predicted octanol–water partition coefficient (Wildman–Crippen LogP) is 3.61. The number of anilines is 1. The molecule has 0 saturated heterocycles. The number of benzene rings is 1. The summed E-state index contributed by atoms with van der Waals surface area (Å²) in [4.78, 5) is 8.90. The number of hydrogen-bond acceptors (Lipinski definition) is 4. The van der Waals surface area contributed by atoms with E-state index in [1.54, 1.807) is 11.3 Å². The second kappa shape index (κ2) is 4.74. The van der Waals surface area contributed by atoms with Crippen LogP contribution in [0.3, 0.4) is 0 Å². The molecular weight excluding hydrogens is 242 g/mol. The van der Waals surface area contributed by atoms with Gasteiger partial charge < -0.3 is 5.32 Å². The van der Waals surface area contributed by atoms with Crippen LogP contribution in [0.1, 0.15) is 11.3 Å². The SMILES string of the molecule is Cc1cccnc1CNc1nc2ccccc2s1. The zero-order valence-corrected chi connectivity index (χ0v) is 10.9. The topological polar surface area (TPSA) is 37.8 Å². The summed E-state index contributed by atoms with van der Waals surface area (Å²) < 4.78 is 1.21. The summed E-state index contributed by atoms with van der Waals surface area (Å²) in [7, 11) is 0. The van der Waals surface area contributed by atoms with E-state index in [0.29, 0.717) is 6.54 Å². The van der Waals surface area contributed by atoms with E-state index in [4.69, 9.17) is 0 Å². The van der Waals surface area contributed by atoms with Crippen molar-refractivity contribution in [2.75, 3.05) is 5.32 Å². The first-order chi connectivity index (χ1) is 8.83. The Bertz CT molecular complexity index is 642. The van der Waals surface area contributed by atoms with Crippen LogP contribution in [0.4, 0.5) is 5.13 Å². The quantitative estimate of drug-likeness (QED) is 0.777. The molecule has 3 rings (SSSR count). The van der Waals surface area contributed by atoms with Crippen LogP contribution in [0.2, 0.25) is 0 Å². The largest absolute Gasteiger partial charge is 0.356 e. The highest BCUT2D eigenvalue weighted by molar-refractivity contribution is 7.22. The van der Waals surface area contributed by atoms with E-state index in [9.17, 15) is 0 Å². The van der Waals surface area contributed by atoms with Crippen LogP contribution in [0.25, 0.3) is 10.2 Å². The molecule has 0 saturated carbocycles. The Morgan fingerprint density at radius 2 is 2.06 bits per heavy atom. The first-order valence-electron chi connectivity index (χ1n) is 5.83. The Morgan fingerprint density at radius 3 is 2.89 bits per heavy atom. The number of aromatic nitrogens is 2. The molecule has 90 valence electrons. The minimum Gasteiger partial charge on any atom is -0.356 e. The van der Waals surface area contributed by atoms with Crippen molar-refractivity contribution in [1.29, 1.82) is 0 Å². The summed E-state index contributed by atoms with van der Waals surface area (Å²) in [6.07, 6.45) is 1.82. The molecule has 1 aromatic carbocycles. The van der Waals surface area contributed by atoms with Gasteiger partial charge >= 0.3 is 0 Å². The molecule has 0 unspecified atom stereocenters. The summed E-state index contributed by atoms with van der Waals surface area (Å²) in [6.45, 7) is 2.79. The Kier molecular flexibility index (Phi) is 2.94. The van der Waals surface area contributed by atoms with E-state index in [0.717, 1.165) is 16.3 Å². The predicted molar refractivity (Wildman–Crippen MR) is 75.9 cm³/mol. The second-order valence-corrected chi connectivity index (χ2v) is 5.14. The van der Waals surface area contributed by atoms with Gasteiger partial charge in [-0.15, -0.1) is 0 Å². The molecule has 0 aliphatic rings. The number of para-hydroxylation sites is 1. The molecule has 0 bridgehead atoms. The lowest BCUT2D eigenvalue weighted by Crippen LogP contribution is -2.02. The molecule has 0 spiro atoms. The average molecular weight is 255 g/mol. The second-order valence-electron chi connectivity index (χ2n) is 4.11. The van der Waals surface area contributed by atoms with Crippen molar-refractivity contribution in [3.63, 3.8) is 0 Å². The number of rotatable bonds is 3. The van der Waals surface area contributed by atoms with E-state index in [1.807, 2.05) is 30.5 Å². The normalized spacial score (nSPS) is 10.7. The van der Waals surface area contributed by atoms with Crippen LogP contribution in [0, 0.1) is 6.92 Å². The van der Waals surface area contributed by atoms with Gasteiger partial charge in [0.2, 0.25) is 0 Å². The van der Waals surface area contributed by atoms with E-state index in [1.165, 1.54) is 10.3 Å². The fourth-order valence-corrected chi connectivity index (χ4v) is 2.67. The van der Waals surface area contributed by atoms with Gasteiger partial charge in [-0.25, -0.2) is 4.98 Å². The lowest BCUT2D eigenvalue weighted by Gasteiger charge is -2.04. The molecule has 3 aromatic rings. The Balaban J connectivity index is 1.79. The minimum absolute atomic E-state index is 0.715. The Labute approximate surface area is 110 Å². The fraction of sp³-hybridized carbons (Fsp3) is 0.143. The number of fused-ring (bicyclic) bond motifs is 1. The summed E-state index contributed by atoms with van der Waals surface area (Å²) in [5.74, 6) is 0. The van der Waals surface area contributed by atoms with Crippen LogP contribution in [0.15, 0.2) is 42.6 Å². The monoisotopic (exact) mass is 255 g/mol. The van der Waals surface area contributed by atoms with Crippen molar-refractivity contribution in [2.24, 2.45) is 0 Å². The zero-order chi connectivity index (χ0) is 12.4. The number of nitrogens with zero attached hydrogens (tertiary/aromatic N) is 2. The highest BCUT2D eigenvalue weighted by Gasteiger charge is 2.03. The van der Waals surface area contributed by atoms with Gasteiger partial charge in [-0.05, 0) is 30.7 Å². The van der Waals surface area contributed by atoms with Gasteiger partial charge in [-0.2, -0.15) is 0 Å². The van der Waals surface area contributed by atoms with Crippen LogP contribution < -0.4 is 5.32 Å². The first kappa shape index (κ1) is 11.2. The third kappa shape index (κ3) is 2.19. The van der Waals surface area contributed by atoms with Gasteiger partial charge in [0.25, 0.3) is 0 Å². The molecule has 2 heterocycles. The number of nitrogens with one attached hydrogen (secondary N) is 1. The molecule has 0 aliphatic heterocycles. The molecule has 0 radical (unpaired) electrons. The Hall–Kier alpha value is -1.94. The third-order valence-corrected chi connectivity index (χ3v) is 3.81. The van der Waals surface area contributed by atoms with Crippen molar-refractivity contribution in [3.8, 4) is 0 Å². The molecule has 0 amide bonds. The lowest BCUT2D eigenvalue weighted by atomic mass is 10.2. The van der Waals surface area contributed by atoms with Crippen molar-refractivity contribution < 1.29 is 0 Å². The zero-order valence-electron chi connectivity index (χ0n) is 10.1. The maximum Gasteiger partial charge on any atom is 0.184 e. The molecule has 1 N–H and O–H groups in total. The van der Waals surface area contributed by atoms with Crippen molar-refractivity contribution in [2.45, 2.75) is 13.5 Å². The molecular formula is C14H13N3S. The lowest BCUT2D eigenvalue weighted by molar-refractivity contribution is 1.02. The van der Waals surface area contributed by atoms with Crippen molar-refractivity contribution in [3.05, 3.63) is 53.9 Å². The van der Waals surface area contributed by atoms with Gasteiger partial charge in [0.05, 0.1) is 22.5 Å². The molecule has 3 nitrogen and oxygen atoms in total. The van der Waals surface area contributed by atoms with Crippen molar-refractivity contribution >= 4 is 26.7 Å². The number of thiazole rings is 1. The number of hydrogen-bond donors (Lipinski definition) is 1. The van der Waals surface area contributed by atoms with Crippen molar-refractivity contribution in [1.82, 2.24) is 9.97 Å². The molecule has 0 aliphatic carbocycles. The molecule has 2 aromatic heterocycles. The highest BCUT2D eigenvalue weighted by Crippen LogP contribution is 2.25. The molecule has 0 atom stereocenters. The minimum atomic E-state index is 0.715.